The standard InChI is InChI=1S/C13H14F3N3OS/c1-3-5-17-10-7-11(19-12(18-10)13(14,15)16)21-9-4-6-20-8(9)2/h4,6-7H,3,5H2,1-2H3,(H,17,18,19). The van der Waals surface area contributed by atoms with E-state index in [1.54, 1.807) is 13.0 Å². The zero-order valence-corrected chi connectivity index (χ0v) is 12.3. The van der Waals surface area contributed by atoms with Crippen molar-refractivity contribution >= 4 is 17.6 Å². The van der Waals surface area contributed by atoms with E-state index in [4.69, 9.17) is 4.42 Å². The minimum atomic E-state index is -4.58. The molecule has 2 rings (SSSR count). The van der Waals surface area contributed by atoms with Gasteiger partial charge in [-0.1, -0.05) is 18.7 Å². The lowest BCUT2D eigenvalue weighted by Gasteiger charge is -2.10. The molecule has 0 spiro atoms. The number of aromatic nitrogens is 2. The molecule has 2 heterocycles. The maximum atomic E-state index is 12.8. The summed E-state index contributed by atoms with van der Waals surface area (Å²) in [5.41, 5.74) is 0. The van der Waals surface area contributed by atoms with Gasteiger partial charge in [0.15, 0.2) is 0 Å². The molecule has 0 aliphatic rings. The molecule has 0 aromatic carbocycles. The predicted molar refractivity (Wildman–Crippen MR) is 73.4 cm³/mol. The van der Waals surface area contributed by atoms with Crippen LogP contribution < -0.4 is 5.32 Å². The number of furan rings is 1. The van der Waals surface area contributed by atoms with Gasteiger partial charge in [-0.15, -0.1) is 0 Å². The molecular weight excluding hydrogens is 303 g/mol. The molecule has 1 N–H and O–H groups in total. The van der Waals surface area contributed by atoms with Crippen LogP contribution in [-0.2, 0) is 6.18 Å². The molecule has 0 radical (unpaired) electrons. The number of halogens is 3. The second kappa shape index (κ2) is 6.38. The lowest BCUT2D eigenvalue weighted by atomic mass is 10.4. The van der Waals surface area contributed by atoms with Crippen LogP contribution in [0.15, 0.2) is 32.7 Å². The van der Waals surface area contributed by atoms with Crippen molar-refractivity contribution in [1.29, 1.82) is 0 Å². The zero-order valence-electron chi connectivity index (χ0n) is 11.5. The second-order valence-corrected chi connectivity index (χ2v) is 5.34. The maximum absolute atomic E-state index is 12.8. The summed E-state index contributed by atoms with van der Waals surface area (Å²) in [6.45, 7) is 4.21. The average Bonchev–Trinajstić information content (AvgIpc) is 2.81. The maximum Gasteiger partial charge on any atom is 0.451 e. The van der Waals surface area contributed by atoms with Gasteiger partial charge in [0.05, 0.1) is 11.2 Å². The van der Waals surface area contributed by atoms with Crippen molar-refractivity contribution < 1.29 is 17.6 Å². The lowest BCUT2D eigenvalue weighted by Crippen LogP contribution is -2.14. The van der Waals surface area contributed by atoms with Crippen molar-refractivity contribution in [2.24, 2.45) is 0 Å². The number of hydrogen-bond donors (Lipinski definition) is 1. The Morgan fingerprint density at radius 3 is 2.67 bits per heavy atom. The zero-order chi connectivity index (χ0) is 15.5. The molecule has 0 aliphatic carbocycles. The molecule has 2 aromatic heterocycles. The van der Waals surface area contributed by atoms with Gasteiger partial charge in [-0.25, -0.2) is 9.97 Å². The normalized spacial score (nSPS) is 11.7. The van der Waals surface area contributed by atoms with E-state index in [0.717, 1.165) is 23.1 Å². The summed E-state index contributed by atoms with van der Waals surface area (Å²) >= 11 is 1.11. The SMILES string of the molecule is CCCNc1cc(Sc2ccoc2C)nc(C(F)(F)F)n1. The van der Waals surface area contributed by atoms with Crippen LogP contribution in [0.2, 0.25) is 0 Å². The number of nitrogens with one attached hydrogen (secondary N) is 1. The summed E-state index contributed by atoms with van der Waals surface area (Å²) in [5.74, 6) is -0.342. The van der Waals surface area contributed by atoms with E-state index >= 15 is 0 Å². The fourth-order valence-electron chi connectivity index (χ4n) is 1.54. The van der Waals surface area contributed by atoms with Crippen molar-refractivity contribution in [3.63, 3.8) is 0 Å². The van der Waals surface area contributed by atoms with E-state index in [9.17, 15) is 13.2 Å². The molecule has 2 aromatic rings. The number of aryl methyl sites for hydroxylation is 1. The Morgan fingerprint density at radius 1 is 1.33 bits per heavy atom. The highest BCUT2D eigenvalue weighted by atomic mass is 32.2. The minimum absolute atomic E-state index is 0.169. The van der Waals surface area contributed by atoms with Crippen molar-refractivity contribution in [1.82, 2.24) is 9.97 Å². The van der Waals surface area contributed by atoms with Crippen LogP contribution in [0.5, 0.6) is 0 Å². The molecule has 114 valence electrons. The monoisotopic (exact) mass is 317 g/mol. The number of nitrogens with zero attached hydrogens (tertiary/aromatic N) is 2. The van der Waals surface area contributed by atoms with Gasteiger partial charge in [0.25, 0.3) is 0 Å². The van der Waals surface area contributed by atoms with E-state index in [1.165, 1.54) is 12.3 Å². The fraction of sp³-hybridized carbons (Fsp3) is 0.385. The molecule has 0 amide bonds. The average molecular weight is 317 g/mol. The van der Waals surface area contributed by atoms with Crippen LogP contribution in [0.4, 0.5) is 19.0 Å². The molecule has 0 bridgehead atoms. The van der Waals surface area contributed by atoms with Gasteiger partial charge in [-0.3, -0.25) is 0 Å². The van der Waals surface area contributed by atoms with Crippen molar-refractivity contribution in [3.05, 3.63) is 30.0 Å². The van der Waals surface area contributed by atoms with E-state index in [1.807, 2.05) is 6.92 Å². The molecular formula is C13H14F3N3OS. The van der Waals surface area contributed by atoms with Gasteiger partial charge >= 0.3 is 6.18 Å². The third kappa shape index (κ3) is 4.13. The highest BCUT2D eigenvalue weighted by molar-refractivity contribution is 7.99. The molecule has 8 heteroatoms. The van der Waals surface area contributed by atoms with Crippen LogP contribution in [0, 0.1) is 6.92 Å². The quantitative estimate of drug-likeness (QED) is 0.830. The summed E-state index contributed by atoms with van der Waals surface area (Å²) in [7, 11) is 0. The van der Waals surface area contributed by atoms with Crippen LogP contribution in [0.25, 0.3) is 0 Å². The van der Waals surface area contributed by atoms with E-state index in [-0.39, 0.29) is 10.8 Å². The largest absolute Gasteiger partial charge is 0.468 e. The Bertz CT molecular complexity index is 613. The van der Waals surface area contributed by atoms with Gasteiger partial charge in [-0.2, -0.15) is 13.2 Å². The second-order valence-electron chi connectivity index (χ2n) is 4.28. The Labute approximate surface area is 124 Å². The number of anilines is 1. The van der Waals surface area contributed by atoms with Crippen molar-refractivity contribution in [2.75, 3.05) is 11.9 Å². The van der Waals surface area contributed by atoms with Crippen LogP contribution in [0.1, 0.15) is 24.9 Å². The third-order valence-corrected chi connectivity index (χ3v) is 3.60. The van der Waals surface area contributed by atoms with E-state index < -0.39 is 12.0 Å². The lowest BCUT2D eigenvalue weighted by molar-refractivity contribution is -0.145. The van der Waals surface area contributed by atoms with Crippen molar-refractivity contribution in [3.8, 4) is 0 Å². The van der Waals surface area contributed by atoms with Gasteiger partial charge in [0.1, 0.15) is 16.6 Å². The smallest absolute Gasteiger partial charge is 0.451 e. The molecule has 21 heavy (non-hydrogen) atoms. The number of hydrogen-bond acceptors (Lipinski definition) is 5. The Morgan fingerprint density at radius 2 is 2.10 bits per heavy atom. The molecule has 0 fully saturated rings. The summed E-state index contributed by atoms with van der Waals surface area (Å²) in [6, 6.07) is 3.19. The van der Waals surface area contributed by atoms with Gasteiger partial charge in [0, 0.05) is 12.6 Å². The third-order valence-electron chi connectivity index (χ3n) is 2.54. The first kappa shape index (κ1) is 15.7. The van der Waals surface area contributed by atoms with Crippen LogP contribution >= 0.6 is 11.8 Å². The highest BCUT2D eigenvalue weighted by Crippen LogP contribution is 2.33. The molecule has 0 saturated heterocycles. The molecule has 4 nitrogen and oxygen atoms in total. The van der Waals surface area contributed by atoms with Gasteiger partial charge in [0.2, 0.25) is 5.82 Å². The molecule has 0 atom stereocenters. The Kier molecular flexibility index (Phi) is 4.76. The minimum Gasteiger partial charge on any atom is -0.468 e. The highest BCUT2D eigenvalue weighted by Gasteiger charge is 2.35. The van der Waals surface area contributed by atoms with Crippen LogP contribution in [-0.4, -0.2) is 16.5 Å². The van der Waals surface area contributed by atoms with E-state index in [0.29, 0.717) is 12.3 Å². The summed E-state index contributed by atoms with van der Waals surface area (Å²) in [6.07, 6.45) is -2.31. The fourth-order valence-corrected chi connectivity index (χ4v) is 2.38. The van der Waals surface area contributed by atoms with Gasteiger partial charge in [-0.05, 0) is 19.4 Å². The summed E-state index contributed by atoms with van der Waals surface area (Å²) < 4.78 is 43.7. The van der Waals surface area contributed by atoms with Gasteiger partial charge < -0.3 is 9.73 Å². The Hall–Kier alpha value is -1.70. The first-order valence-electron chi connectivity index (χ1n) is 6.32. The van der Waals surface area contributed by atoms with E-state index in [2.05, 4.69) is 15.3 Å². The number of alkyl halides is 3. The predicted octanol–water partition coefficient (Wildman–Crippen LogP) is 4.37. The first-order chi connectivity index (χ1) is 9.90. The van der Waals surface area contributed by atoms with Crippen LogP contribution in [0.3, 0.4) is 0 Å². The summed E-state index contributed by atoms with van der Waals surface area (Å²) in [5, 5.41) is 3.08. The Balaban J connectivity index is 2.33. The molecule has 0 saturated carbocycles. The first-order valence-corrected chi connectivity index (χ1v) is 7.14. The van der Waals surface area contributed by atoms with Crippen molar-refractivity contribution in [2.45, 2.75) is 36.4 Å². The summed E-state index contributed by atoms with van der Waals surface area (Å²) in [4.78, 5) is 7.81. The molecule has 0 aliphatic heterocycles. The molecule has 0 unspecified atom stereocenters. The number of rotatable bonds is 5. The topological polar surface area (TPSA) is 51.0 Å².